The number of aromatic nitrogens is 4. The van der Waals surface area contributed by atoms with Crippen molar-refractivity contribution in [2.45, 2.75) is 24.7 Å². The molecule has 1 aliphatic rings. The van der Waals surface area contributed by atoms with E-state index < -0.39 is 30.2 Å². The van der Waals surface area contributed by atoms with Gasteiger partial charge in [0.05, 0.1) is 7.11 Å². The van der Waals surface area contributed by atoms with Crippen LogP contribution in [0.25, 0.3) is 28.1 Å². The highest BCUT2D eigenvalue weighted by Gasteiger charge is 2.47. The van der Waals surface area contributed by atoms with E-state index in [0.717, 1.165) is 0 Å². The molecule has 1 saturated heterocycles. The molecule has 4 heterocycles. The average Bonchev–Trinajstić information content (AvgIpc) is 3.43. The molecule has 5 rings (SSSR count). The number of methoxy groups -OCH3 is 1. The molecule has 0 aliphatic carbocycles. The van der Waals surface area contributed by atoms with Gasteiger partial charge in [-0.2, -0.15) is 13.2 Å². The Hall–Kier alpha value is -4.00. The zero-order valence-corrected chi connectivity index (χ0v) is 18.8. The summed E-state index contributed by atoms with van der Waals surface area (Å²) >= 11 is 0. The maximum absolute atomic E-state index is 14.2. The number of nitrogens with zero attached hydrogens (tertiary/aromatic N) is 5. The van der Waals surface area contributed by atoms with Gasteiger partial charge in [0.1, 0.15) is 28.8 Å². The Balaban J connectivity index is 1.56. The SMILES string of the molecule is COc1cc(F)cc2ccc(-c3nnc4ccc([C@@H](N5CC[C@H](NC(=O)O)C5)C(F)(F)F)cn34)nc12. The molecule has 2 N–H and O–H groups in total. The third-order valence-corrected chi connectivity index (χ3v) is 6.13. The number of fused-ring (bicyclic) bond motifs is 2. The van der Waals surface area contributed by atoms with Crippen LogP contribution >= 0.6 is 0 Å². The zero-order valence-electron chi connectivity index (χ0n) is 18.8. The van der Waals surface area contributed by atoms with Crippen LogP contribution < -0.4 is 10.1 Å². The summed E-state index contributed by atoms with van der Waals surface area (Å²) in [7, 11) is 1.38. The Kier molecular flexibility index (Phi) is 5.86. The molecule has 1 aliphatic heterocycles. The molecule has 36 heavy (non-hydrogen) atoms. The summed E-state index contributed by atoms with van der Waals surface area (Å²) in [4.78, 5) is 16.6. The third kappa shape index (κ3) is 4.37. The number of pyridine rings is 2. The molecule has 3 aromatic heterocycles. The molecule has 2 atom stereocenters. The molecule has 0 spiro atoms. The van der Waals surface area contributed by atoms with Crippen LogP contribution in [0.5, 0.6) is 5.75 Å². The summed E-state index contributed by atoms with van der Waals surface area (Å²) in [5.41, 5.74) is 0.945. The molecule has 0 saturated carbocycles. The van der Waals surface area contributed by atoms with Crippen LogP contribution in [0.15, 0.2) is 42.6 Å². The standard InChI is InChI=1S/C23H20F4N6O3/c1-36-17-9-14(24)8-12-2-4-16(29-19(12)17)21-31-30-18-5-3-13(10-33(18)21)20(23(25,26)27)32-7-6-15(11-32)28-22(34)35/h2-5,8-10,15,20,28H,6-7,11H2,1H3,(H,34,35)/t15-,20+/m0/s1. The van der Waals surface area contributed by atoms with Crippen molar-refractivity contribution in [3.63, 3.8) is 0 Å². The fraction of sp³-hybridized carbons (Fsp3) is 0.304. The molecular weight excluding hydrogens is 484 g/mol. The molecule has 1 amide bonds. The quantitative estimate of drug-likeness (QED) is 0.396. The topological polar surface area (TPSA) is 105 Å². The second-order valence-corrected chi connectivity index (χ2v) is 8.46. The maximum atomic E-state index is 14.2. The van der Waals surface area contributed by atoms with E-state index in [2.05, 4.69) is 20.5 Å². The number of carbonyl (C=O) groups is 1. The molecule has 0 radical (unpaired) electrons. The predicted molar refractivity (Wildman–Crippen MR) is 120 cm³/mol. The first-order chi connectivity index (χ1) is 17.1. The van der Waals surface area contributed by atoms with Crippen molar-refractivity contribution in [2.24, 2.45) is 0 Å². The molecule has 1 aromatic carbocycles. The van der Waals surface area contributed by atoms with Crippen LogP contribution in [0.4, 0.5) is 22.4 Å². The fourth-order valence-electron chi connectivity index (χ4n) is 4.61. The summed E-state index contributed by atoms with van der Waals surface area (Å²) in [6, 6.07) is 5.91. The van der Waals surface area contributed by atoms with Crippen LogP contribution in [0, 0.1) is 5.82 Å². The third-order valence-electron chi connectivity index (χ3n) is 6.13. The van der Waals surface area contributed by atoms with Crippen LogP contribution in [0.1, 0.15) is 18.0 Å². The van der Waals surface area contributed by atoms with Gasteiger partial charge < -0.3 is 15.2 Å². The van der Waals surface area contributed by atoms with E-state index in [1.54, 1.807) is 12.1 Å². The number of likely N-dealkylation sites (tertiary alicyclic amines) is 1. The first-order valence-electron chi connectivity index (χ1n) is 10.9. The molecule has 1 fully saturated rings. The van der Waals surface area contributed by atoms with E-state index in [1.807, 2.05) is 0 Å². The van der Waals surface area contributed by atoms with Gasteiger partial charge in [0, 0.05) is 36.8 Å². The molecule has 13 heteroatoms. The van der Waals surface area contributed by atoms with Gasteiger partial charge >= 0.3 is 12.3 Å². The van der Waals surface area contributed by atoms with Crippen molar-refractivity contribution in [2.75, 3.05) is 20.2 Å². The Morgan fingerprint density at radius 1 is 1.22 bits per heavy atom. The van der Waals surface area contributed by atoms with Gasteiger partial charge in [-0.1, -0.05) is 12.1 Å². The monoisotopic (exact) mass is 504 g/mol. The highest BCUT2D eigenvalue weighted by atomic mass is 19.4. The van der Waals surface area contributed by atoms with Crippen LogP contribution in [0.2, 0.25) is 0 Å². The minimum absolute atomic E-state index is 0.0486. The first-order valence-corrected chi connectivity index (χ1v) is 10.9. The summed E-state index contributed by atoms with van der Waals surface area (Å²) in [6.07, 6.45) is -4.31. The highest BCUT2D eigenvalue weighted by Crippen LogP contribution is 2.40. The van der Waals surface area contributed by atoms with Crippen molar-refractivity contribution in [3.8, 4) is 17.3 Å². The number of amides is 1. The number of carboxylic acid groups (broad SMARTS) is 1. The zero-order chi connectivity index (χ0) is 25.6. The van der Waals surface area contributed by atoms with E-state index in [4.69, 9.17) is 9.84 Å². The normalized spacial score (nSPS) is 17.5. The number of benzene rings is 1. The number of hydrogen-bond acceptors (Lipinski definition) is 6. The Morgan fingerprint density at radius 3 is 2.75 bits per heavy atom. The van der Waals surface area contributed by atoms with E-state index in [1.165, 1.54) is 46.9 Å². The van der Waals surface area contributed by atoms with Gasteiger partial charge in [0.2, 0.25) is 0 Å². The number of nitrogens with one attached hydrogen (secondary N) is 1. The van der Waals surface area contributed by atoms with Crippen LogP contribution in [-0.4, -0.2) is 68.1 Å². The summed E-state index contributed by atoms with van der Waals surface area (Å²) in [5, 5.41) is 19.8. The fourth-order valence-corrected chi connectivity index (χ4v) is 4.61. The minimum atomic E-state index is -4.61. The lowest BCUT2D eigenvalue weighted by Crippen LogP contribution is -2.40. The number of halogens is 4. The molecule has 9 nitrogen and oxygen atoms in total. The Labute approximate surface area is 201 Å². The lowest BCUT2D eigenvalue weighted by molar-refractivity contribution is -0.184. The van der Waals surface area contributed by atoms with Gasteiger partial charge in [-0.05, 0) is 30.2 Å². The van der Waals surface area contributed by atoms with E-state index >= 15 is 0 Å². The van der Waals surface area contributed by atoms with Gasteiger partial charge in [-0.15, -0.1) is 10.2 Å². The summed E-state index contributed by atoms with van der Waals surface area (Å²) in [5.74, 6) is -0.0858. The molecule has 4 aromatic rings. The lowest BCUT2D eigenvalue weighted by Gasteiger charge is -2.30. The molecular formula is C23H20F4N6O3. The van der Waals surface area contributed by atoms with Crippen molar-refractivity contribution >= 4 is 22.6 Å². The molecule has 188 valence electrons. The van der Waals surface area contributed by atoms with E-state index in [-0.39, 0.29) is 36.6 Å². The maximum Gasteiger partial charge on any atom is 0.408 e. The summed E-state index contributed by atoms with van der Waals surface area (Å²) in [6.45, 7) is -0.00306. The van der Waals surface area contributed by atoms with Crippen molar-refractivity contribution < 1.29 is 32.2 Å². The predicted octanol–water partition coefficient (Wildman–Crippen LogP) is 4.04. The van der Waals surface area contributed by atoms with Crippen molar-refractivity contribution in [1.29, 1.82) is 0 Å². The second-order valence-electron chi connectivity index (χ2n) is 8.46. The molecule has 0 unspecified atom stereocenters. The number of alkyl halides is 3. The Morgan fingerprint density at radius 2 is 2.03 bits per heavy atom. The largest absolute Gasteiger partial charge is 0.494 e. The van der Waals surface area contributed by atoms with E-state index in [9.17, 15) is 22.4 Å². The number of rotatable bonds is 5. The average molecular weight is 504 g/mol. The van der Waals surface area contributed by atoms with Gasteiger partial charge in [-0.25, -0.2) is 14.2 Å². The minimum Gasteiger partial charge on any atom is -0.494 e. The Bertz CT molecular complexity index is 1460. The van der Waals surface area contributed by atoms with Gasteiger partial charge in [-0.3, -0.25) is 9.30 Å². The van der Waals surface area contributed by atoms with Gasteiger partial charge in [0.25, 0.3) is 0 Å². The van der Waals surface area contributed by atoms with E-state index in [0.29, 0.717) is 22.2 Å². The van der Waals surface area contributed by atoms with Crippen molar-refractivity contribution in [3.05, 3.63) is 54.0 Å². The van der Waals surface area contributed by atoms with Crippen molar-refractivity contribution in [1.82, 2.24) is 29.8 Å². The smallest absolute Gasteiger partial charge is 0.408 e. The summed E-state index contributed by atoms with van der Waals surface area (Å²) < 4.78 is 63.1. The molecule has 0 bridgehead atoms. The second kappa shape index (κ2) is 8.90. The number of ether oxygens (including phenoxy) is 1. The van der Waals surface area contributed by atoms with Crippen LogP contribution in [-0.2, 0) is 0 Å². The number of hydrogen-bond donors (Lipinski definition) is 2. The van der Waals surface area contributed by atoms with Crippen LogP contribution in [0.3, 0.4) is 0 Å². The van der Waals surface area contributed by atoms with Gasteiger partial charge in [0.15, 0.2) is 11.5 Å². The highest BCUT2D eigenvalue weighted by molar-refractivity contribution is 5.86. The first kappa shape index (κ1) is 23.7. The lowest BCUT2D eigenvalue weighted by atomic mass is 10.1.